The number of hydrogen-bond donors (Lipinski definition) is 1. The van der Waals surface area contributed by atoms with E-state index in [1.807, 2.05) is 0 Å². The van der Waals surface area contributed by atoms with Crippen molar-refractivity contribution in [3.63, 3.8) is 0 Å². The number of nitrogens with zero attached hydrogens (tertiary/aromatic N) is 2. The zero-order valence-corrected chi connectivity index (χ0v) is 20.1. The van der Waals surface area contributed by atoms with E-state index in [4.69, 9.17) is 0 Å². The fraction of sp³-hybridized carbons (Fsp3) is 0.600. The summed E-state index contributed by atoms with van der Waals surface area (Å²) in [6.45, 7) is 4.98. The van der Waals surface area contributed by atoms with Crippen molar-refractivity contribution in [3.05, 3.63) is 71.8 Å². The number of piperidine rings is 2. The van der Waals surface area contributed by atoms with Crippen LogP contribution in [0.5, 0.6) is 0 Å². The number of nitrogens with one attached hydrogen (secondary N) is 1. The molecule has 0 radical (unpaired) electrons. The summed E-state index contributed by atoms with van der Waals surface area (Å²) in [7, 11) is 0. The topological polar surface area (TPSA) is 18.5 Å². The molecular weight excluding hydrogens is 402 g/mol. The molecule has 2 aromatic carbocycles. The standard InChI is InChI=1S/C30H41N3/c1-3-11-24(12-4-1)27-15-7-9-17-32(27)29-19-23-20-30(26(29)22-31-21-23)33-18-10-8-16-28(33)25-13-5-2-6-14-25/h1-6,11-14,23,26-31H,7-10,15-22H2. The monoisotopic (exact) mass is 443 g/mol. The Labute approximate surface area is 200 Å². The van der Waals surface area contributed by atoms with Crippen LogP contribution in [0.2, 0.25) is 0 Å². The zero-order valence-electron chi connectivity index (χ0n) is 20.1. The van der Waals surface area contributed by atoms with Crippen molar-refractivity contribution >= 4 is 0 Å². The lowest BCUT2D eigenvalue weighted by Gasteiger charge is -2.53. The number of likely N-dealkylation sites (tertiary alicyclic amines) is 2. The van der Waals surface area contributed by atoms with Crippen molar-refractivity contribution in [1.82, 2.24) is 15.1 Å². The van der Waals surface area contributed by atoms with E-state index in [1.165, 1.54) is 77.5 Å². The predicted octanol–water partition coefficient (Wildman–Crippen LogP) is 5.81. The van der Waals surface area contributed by atoms with Crippen LogP contribution in [0.3, 0.4) is 0 Å². The van der Waals surface area contributed by atoms with Crippen molar-refractivity contribution in [3.8, 4) is 0 Å². The Hall–Kier alpha value is -1.68. The fourth-order valence-corrected chi connectivity index (χ4v) is 7.81. The largest absolute Gasteiger partial charge is 0.316 e. The van der Waals surface area contributed by atoms with Crippen LogP contribution in [0.25, 0.3) is 0 Å². The number of hydrogen-bond acceptors (Lipinski definition) is 3. The van der Waals surface area contributed by atoms with Gasteiger partial charge in [-0.15, -0.1) is 0 Å². The van der Waals surface area contributed by atoms with E-state index in [9.17, 15) is 0 Å². The van der Waals surface area contributed by atoms with E-state index < -0.39 is 0 Å². The van der Waals surface area contributed by atoms with Gasteiger partial charge in [-0.1, -0.05) is 73.5 Å². The van der Waals surface area contributed by atoms with Gasteiger partial charge in [0.05, 0.1) is 0 Å². The van der Waals surface area contributed by atoms with E-state index in [2.05, 4.69) is 75.8 Å². The minimum atomic E-state index is 0.608. The molecule has 3 heteroatoms. The summed E-state index contributed by atoms with van der Waals surface area (Å²) in [6.07, 6.45) is 10.9. The molecule has 4 unspecified atom stereocenters. The van der Waals surface area contributed by atoms with Crippen molar-refractivity contribution in [2.75, 3.05) is 26.2 Å². The molecule has 4 saturated heterocycles. The summed E-state index contributed by atoms with van der Waals surface area (Å²) in [6, 6.07) is 25.5. The Balaban J connectivity index is 1.31. The van der Waals surface area contributed by atoms with E-state index in [0.29, 0.717) is 24.2 Å². The molecule has 176 valence electrons. The second-order valence-electron chi connectivity index (χ2n) is 11.1. The lowest BCUT2D eigenvalue weighted by Crippen LogP contribution is -2.58. The first kappa shape index (κ1) is 21.8. The first-order valence-corrected chi connectivity index (χ1v) is 13.7. The summed E-state index contributed by atoms with van der Waals surface area (Å²) in [5.41, 5.74) is 3.09. The third-order valence-corrected chi connectivity index (χ3v) is 9.26. The Morgan fingerprint density at radius 1 is 0.606 bits per heavy atom. The van der Waals surface area contributed by atoms with Crippen LogP contribution in [-0.4, -0.2) is 48.1 Å². The summed E-state index contributed by atoms with van der Waals surface area (Å²) < 4.78 is 0. The van der Waals surface area contributed by atoms with Crippen LogP contribution in [-0.2, 0) is 0 Å². The third-order valence-electron chi connectivity index (χ3n) is 9.26. The van der Waals surface area contributed by atoms with E-state index in [0.717, 1.165) is 11.8 Å². The number of benzene rings is 2. The van der Waals surface area contributed by atoms with Gasteiger partial charge in [0.1, 0.15) is 0 Å². The maximum absolute atomic E-state index is 3.90. The summed E-state index contributed by atoms with van der Waals surface area (Å²) >= 11 is 0. The molecule has 1 aliphatic carbocycles. The summed E-state index contributed by atoms with van der Waals surface area (Å²) in [4.78, 5) is 5.94. The quantitative estimate of drug-likeness (QED) is 0.643. The van der Waals surface area contributed by atoms with Crippen LogP contribution < -0.4 is 5.32 Å². The third kappa shape index (κ3) is 4.40. The molecule has 3 nitrogen and oxygen atoms in total. The molecule has 0 amide bonds. The van der Waals surface area contributed by atoms with Gasteiger partial charge in [0, 0.05) is 36.6 Å². The van der Waals surface area contributed by atoms with Gasteiger partial charge >= 0.3 is 0 Å². The highest BCUT2D eigenvalue weighted by Gasteiger charge is 2.47. The number of fused-ring (bicyclic) bond motifs is 4. The van der Waals surface area contributed by atoms with Gasteiger partial charge in [-0.3, -0.25) is 9.80 Å². The number of rotatable bonds is 4. The first-order valence-electron chi connectivity index (χ1n) is 13.7. The molecule has 0 aromatic heterocycles. The second kappa shape index (κ2) is 9.90. The molecule has 5 fully saturated rings. The van der Waals surface area contributed by atoms with Crippen LogP contribution in [0.4, 0.5) is 0 Å². The lowest BCUT2D eigenvalue weighted by atomic mass is 9.72. The average Bonchev–Trinajstić information content (AvgIpc) is 3.24. The molecule has 0 spiro atoms. The first-order chi connectivity index (χ1) is 16.4. The molecule has 2 aromatic rings. The molecule has 2 bridgehead atoms. The molecule has 33 heavy (non-hydrogen) atoms. The Kier molecular flexibility index (Phi) is 6.55. The maximum Gasteiger partial charge on any atom is 0.0351 e. The van der Waals surface area contributed by atoms with E-state index in [1.54, 1.807) is 11.1 Å². The molecule has 1 saturated carbocycles. The van der Waals surface area contributed by atoms with Crippen molar-refractivity contribution in [2.45, 2.75) is 75.5 Å². The van der Waals surface area contributed by atoms with Gasteiger partial charge in [0.25, 0.3) is 0 Å². The highest BCUT2D eigenvalue weighted by molar-refractivity contribution is 5.22. The van der Waals surface area contributed by atoms with Crippen molar-refractivity contribution < 1.29 is 0 Å². The van der Waals surface area contributed by atoms with Crippen LogP contribution in [0, 0.1) is 11.8 Å². The molecular formula is C30H41N3. The van der Waals surface area contributed by atoms with Crippen molar-refractivity contribution in [2.24, 2.45) is 11.8 Å². The average molecular weight is 444 g/mol. The fourth-order valence-electron chi connectivity index (χ4n) is 7.81. The van der Waals surface area contributed by atoms with Gasteiger partial charge in [-0.2, -0.15) is 0 Å². The van der Waals surface area contributed by atoms with E-state index >= 15 is 0 Å². The van der Waals surface area contributed by atoms with Crippen LogP contribution >= 0.6 is 0 Å². The summed E-state index contributed by atoms with van der Waals surface area (Å²) in [5, 5.41) is 3.90. The van der Waals surface area contributed by atoms with Gasteiger partial charge in [-0.25, -0.2) is 0 Å². The maximum atomic E-state index is 3.90. The molecule has 7 rings (SSSR count). The van der Waals surface area contributed by atoms with Gasteiger partial charge < -0.3 is 5.32 Å². The Bertz CT molecular complexity index is 814. The SMILES string of the molecule is c1ccc(C2CCCCN2C2CC3CNCC2C(N2CCCCC2c2ccccc2)C3)cc1. The minimum Gasteiger partial charge on any atom is -0.316 e. The minimum absolute atomic E-state index is 0.608. The molecule has 1 N–H and O–H groups in total. The van der Waals surface area contributed by atoms with Crippen molar-refractivity contribution in [1.29, 1.82) is 0 Å². The van der Waals surface area contributed by atoms with Gasteiger partial charge in [-0.05, 0) is 75.2 Å². The molecule has 5 aliphatic rings. The molecule has 4 atom stereocenters. The highest BCUT2D eigenvalue weighted by atomic mass is 15.3. The normalized spacial score (nSPS) is 35.9. The molecule has 4 aliphatic heterocycles. The molecule has 4 heterocycles. The second-order valence-corrected chi connectivity index (χ2v) is 11.1. The van der Waals surface area contributed by atoms with Crippen LogP contribution in [0.15, 0.2) is 60.7 Å². The zero-order chi connectivity index (χ0) is 22.0. The van der Waals surface area contributed by atoms with Gasteiger partial charge in [0.2, 0.25) is 0 Å². The Morgan fingerprint density at radius 3 is 1.64 bits per heavy atom. The van der Waals surface area contributed by atoms with Crippen LogP contribution in [0.1, 0.15) is 74.6 Å². The smallest absolute Gasteiger partial charge is 0.0351 e. The van der Waals surface area contributed by atoms with E-state index in [-0.39, 0.29) is 0 Å². The highest BCUT2D eigenvalue weighted by Crippen LogP contribution is 2.45. The van der Waals surface area contributed by atoms with Gasteiger partial charge in [0.15, 0.2) is 0 Å². The predicted molar refractivity (Wildman–Crippen MR) is 136 cm³/mol. The lowest BCUT2D eigenvalue weighted by molar-refractivity contribution is -0.0338. The summed E-state index contributed by atoms with van der Waals surface area (Å²) in [5.74, 6) is 1.55. The Morgan fingerprint density at radius 2 is 1.12 bits per heavy atom.